The van der Waals surface area contributed by atoms with Gasteiger partial charge in [-0.15, -0.1) is 5.10 Å². The molecule has 3 aromatic rings. The van der Waals surface area contributed by atoms with E-state index in [2.05, 4.69) is 20.2 Å². The molecular weight excluding hydrogens is 601 g/mol. The fourth-order valence-corrected chi connectivity index (χ4v) is 6.99. The Kier molecular flexibility index (Phi) is 7.42. The molecule has 0 radical (unpaired) electrons. The van der Waals surface area contributed by atoms with Gasteiger partial charge in [0.2, 0.25) is 5.88 Å². The highest BCUT2D eigenvalue weighted by Crippen LogP contribution is 2.59. The van der Waals surface area contributed by atoms with Crippen LogP contribution >= 0.6 is 0 Å². The summed E-state index contributed by atoms with van der Waals surface area (Å²) in [5, 5.41) is 11.9. The van der Waals surface area contributed by atoms with Gasteiger partial charge in [-0.2, -0.15) is 26.7 Å². The molecule has 1 unspecified atom stereocenters. The van der Waals surface area contributed by atoms with Crippen LogP contribution in [0, 0.1) is 12.3 Å². The van der Waals surface area contributed by atoms with Crippen LogP contribution in [0.25, 0.3) is 5.82 Å². The zero-order chi connectivity index (χ0) is 31.5. The largest absolute Gasteiger partial charge is 0.477 e. The minimum atomic E-state index is -4.27. The zero-order valence-corrected chi connectivity index (χ0v) is 25.5. The van der Waals surface area contributed by atoms with Crippen molar-refractivity contribution in [2.45, 2.75) is 82.2 Å². The summed E-state index contributed by atoms with van der Waals surface area (Å²) in [5.74, 6) is -0.107. The number of ether oxygens (including phenoxy) is 1. The lowest BCUT2D eigenvalue weighted by atomic mass is 9.99. The van der Waals surface area contributed by atoms with Gasteiger partial charge in [-0.05, 0) is 71.6 Å². The van der Waals surface area contributed by atoms with Crippen LogP contribution in [0.5, 0.6) is 5.88 Å². The first-order valence-electron chi connectivity index (χ1n) is 14.6. The summed E-state index contributed by atoms with van der Waals surface area (Å²) in [5.41, 5.74) is -1.38. The summed E-state index contributed by atoms with van der Waals surface area (Å²) in [6.07, 6.45) is -1.14. The van der Waals surface area contributed by atoms with Crippen LogP contribution in [0.15, 0.2) is 35.5 Å². The van der Waals surface area contributed by atoms with Gasteiger partial charge in [0.15, 0.2) is 10.8 Å². The molecule has 5 heterocycles. The molecule has 2 N–H and O–H groups in total. The normalized spacial score (nSPS) is 22.5. The number of nitrogens with zero attached hydrogens (tertiary/aromatic N) is 6. The van der Waals surface area contributed by atoms with E-state index in [4.69, 9.17) is 9.72 Å². The lowest BCUT2D eigenvalue weighted by Gasteiger charge is -2.33. The number of amides is 1. The third-order valence-corrected chi connectivity index (χ3v) is 9.97. The van der Waals surface area contributed by atoms with Crippen molar-refractivity contribution >= 4 is 21.7 Å². The van der Waals surface area contributed by atoms with Crippen LogP contribution < -0.4 is 19.7 Å². The summed E-state index contributed by atoms with van der Waals surface area (Å²) in [6, 6.07) is 6.06. The third kappa shape index (κ3) is 5.76. The molecule has 4 bridgehead atoms. The molecule has 0 spiro atoms. The average molecular weight is 637 g/mol. The molecule has 1 amide bonds. The number of pyridine rings is 1. The molecule has 2 fully saturated rings. The monoisotopic (exact) mass is 636 g/mol. The molecule has 3 aliphatic rings. The van der Waals surface area contributed by atoms with Gasteiger partial charge in [0.1, 0.15) is 5.82 Å². The molecule has 1 atom stereocenters. The second-order valence-corrected chi connectivity index (χ2v) is 14.1. The number of aromatic nitrogens is 5. The molecule has 3 aromatic heterocycles. The molecule has 2 aliphatic heterocycles. The van der Waals surface area contributed by atoms with Crippen molar-refractivity contribution in [1.82, 2.24) is 34.6 Å². The number of sulfonamides is 1. The minimum absolute atomic E-state index is 0.0580. The highest BCUT2D eigenvalue weighted by Gasteiger charge is 2.62. The standard InChI is InChI=1S/C28H35F3N8O4S/c1-18-15-23-35-38(18)12-4-11-32-19-16-26(2,3)37(17-19)24-20(25(40)36-44(23,41)42)5-6-21(33-24)39-13-7-22(34-39)43-14-10-27(8-9-27)28(29,30)31/h5-7,13,15,19,32H,4,8-12,14,16-17H2,1-3H3,(H,36,40). The molecule has 1 saturated heterocycles. The molecule has 1 aliphatic carbocycles. The highest BCUT2D eigenvalue weighted by molar-refractivity contribution is 7.90. The Bertz CT molecular complexity index is 1680. The first-order valence-corrected chi connectivity index (χ1v) is 16.1. The van der Waals surface area contributed by atoms with Crippen molar-refractivity contribution in [3.63, 3.8) is 0 Å². The number of halogens is 3. The number of anilines is 1. The topological polar surface area (TPSA) is 136 Å². The number of aryl methyl sites for hydroxylation is 2. The number of carbonyl (C=O) groups excluding carboxylic acids is 1. The number of carbonyl (C=O) groups is 1. The van der Waals surface area contributed by atoms with E-state index in [1.807, 2.05) is 18.7 Å². The van der Waals surface area contributed by atoms with E-state index >= 15 is 0 Å². The number of rotatable bonds is 5. The number of fused-ring (bicyclic) bond motifs is 6. The quantitative estimate of drug-likeness (QED) is 0.432. The molecule has 12 nitrogen and oxygen atoms in total. The number of hydrogen-bond donors (Lipinski definition) is 2. The maximum absolute atomic E-state index is 13.5. The van der Waals surface area contributed by atoms with E-state index in [9.17, 15) is 26.4 Å². The fourth-order valence-electron chi connectivity index (χ4n) is 5.99. The molecule has 238 valence electrons. The van der Waals surface area contributed by atoms with Crippen molar-refractivity contribution in [2.75, 3.05) is 24.6 Å². The van der Waals surface area contributed by atoms with Crippen molar-refractivity contribution in [3.05, 3.63) is 41.7 Å². The molecule has 44 heavy (non-hydrogen) atoms. The molecule has 0 aromatic carbocycles. The van der Waals surface area contributed by atoms with E-state index in [0.29, 0.717) is 31.1 Å². The van der Waals surface area contributed by atoms with Crippen LogP contribution in [0.1, 0.15) is 62.0 Å². The summed E-state index contributed by atoms with van der Waals surface area (Å²) in [7, 11) is -4.27. The van der Waals surface area contributed by atoms with Gasteiger partial charge in [0.25, 0.3) is 15.9 Å². The molecular formula is C28H35F3N8O4S. The maximum Gasteiger partial charge on any atom is 0.394 e. The van der Waals surface area contributed by atoms with Crippen molar-refractivity contribution in [2.24, 2.45) is 5.41 Å². The Hall–Kier alpha value is -3.66. The Morgan fingerprint density at radius 2 is 1.93 bits per heavy atom. The predicted octanol–water partition coefficient (Wildman–Crippen LogP) is 3.35. The highest BCUT2D eigenvalue weighted by atomic mass is 32.2. The van der Waals surface area contributed by atoms with E-state index < -0.39 is 33.1 Å². The third-order valence-electron chi connectivity index (χ3n) is 8.77. The van der Waals surface area contributed by atoms with Crippen LogP contribution in [0.3, 0.4) is 0 Å². The first-order chi connectivity index (χ1) is 20.7. The van der Waals surface area contributed by atoms with E-state index in [-0.39, 0.29) is 54.2 Å². The summed E-state index contributed by atoms with van der Waals surface area (Å²) in [4.78, 5) is 20.3. The Balaban J connectivity index is 1.30. The van der Waals surface area contributed by atoms with Crippen molar-refractivity contribution < 1.29 is 31.1 Å². The van der Waals surface area contributed by atoms with Gasteiger partial charge in [-0.3, -0.25) is 9.48 Å². The molecule has 16 heteroatoms. The van der Waals surface area contributed by atoms with Crippen molar-refractivity contribution in [1.29, 1.82) is 0 Å². The molecule has 1 saturated carbocycles. The van der Waals surface area contributed by atoms with E-state index in [0.717, 1.165) is 12.8 Å². The average Bonchev–Trinajstić information content (AvgIpc) is 3.27. The number of nitrogens with one attached hydrogen (secondary N) is 2. The summed E-state index contributed by atoms with van der Waals surface area (Å²) in [6.45, 7) is 7.43. The van der Waals surface area contributed by atoms with Gasteiger partial charge in [-0.25, -0.2) is 14.4 Å². The smallest absolute Gasteiger partial charge is 0.394 e. The Morgan fingerprint density at radius 3 is 2.66 bits per heavy atom. The fraction of sp³-hybridized carbons (Fsp3) is 0.571. The Morgan fingerprint density at radius 1 is 1.16 bits per heavy atom. The van der Waals surface area contributed by atoms with Crippen LogP contribution in [0.2, 0.25) is 0 Å². The molecule has 6 rings (SSSR count). The lowest BCUT2D eigenvalue weighted by Crippen LogP contribution is -2.41. The zero-order valence-electron chi connectivity index (χ0n) is 24.7. The summed E-state index contributed by atoms with van der Waals surface area (Å²) >= 11 is 0. The maximum atomic E-state index is 13.5. The van der Waals surface area contributed by atoms with Gasteiger partial charge in [-0.1, -0.05) is 0 Å². The summed E-state index contributed by atoms with van der Waals surface area (Å²) < 4.78 is 76.9. The van der Waals surface area contributed by atoms with E-state index in [1.54, 1.807) is 17.8 Å². The second kappa shape index (κ2) is 10.8. The first kappa shape index (κ1) is 30.4. The SMILES string of the molecule is Cc1cc2nn1CCCNC1CN(c3nc(-n4ccc(OCCC5(C(F)(F)F)CC5)n4)ccc3C(=O)NS2(=O)=O)C(C)(C)C1. The lowest BCUT2D eigenvalue weighted by molar-refractivity contribution is -0.190. The predicted molar refractivity (Wildman–Crippen MR) is 153 cm³/mol. The Labute approximate surface area is 253 Å². The van der Waals surface area contributed by atoms with Gasteiger partial charge in [0, 0.05) is 48.7 Å². The van der Waals surface area contributed by atoms with Crippen LogP contribution in [-0.2, 0) is 16.6 Å². The van der Waals surface area contributed by atoms with Crippen molar-refractivity contribution in [3.8, 4) is 11.7 Å². The van der Waals surface area contributed by atoms with Gasteiger partial charge in [0.05, 0.1) is 17.6 Å². The van der Waals surface area contributed by atoms with E-state index in [1.165, 1.54) is 28.9 Å². The van der Waals surface area contributed by atoms with Gasteiger partial charge < -0.3 is 15.0 Å². The minimum Gasteiger partial charge on any atom is -0.477 e. The number of hydrogen-bond acceptors (Lipinski definition) is 9. The number of alkyl halides is 3. The van der Waals surface area contributed by atoms with Crippen LogP contribution in [-0.4, -0.2) is 76.3 Å². The van der Waals surface area contributed by atoms with Gasteiger partial charge >= 0.3 is 6.18 Å². The van der Waals surface area contributed by atoms with Crippen LogP contribution in [0.4, 0.5) is 19.0 Å². The second-order valence-electron chi connectivity index (χ2n) is 12.4.